The van der Waals surface area contributed by atoms with Gasteiger partial charge in [-0.05, 0) is 0 Å². The molecular weight excluding hydrogens is 134 g/mol. The van der Waals surface area contributed by atoms with Crippen LogP contribution >= 0.6 is 0 Å². The molecule has 0 aromatic rings. The molecule has 1 atom stereocenters. The van der Waals surface area contributed by atoms with Crippen LogP contribution in [0.5, 0.6) is 0 Å². The maximum Gasteiger partial charge on any atom is 0.224 e. The zero-order valence-electron chi connectivity index (χ0n) is 2.46. The topological polar surface area (TPSA) is 29.5 Å². The van der Waals surface area contributed by atoms with Crippen LogP contribution in [-0.2, 0) is 25.6 Å². The molecule has 1 N–H and O–H groups in total. The van der Waals surface area contributed by atoms with Gasteiger partial charge in [-0.15, -0.1) is 8.22 Å². The quantitative estimate of drug-likeness (QED) is 0.323. The zero-order valence-corrected chi connectivity index (χ0v) is 4.09. The first-order valence-electron chi connectivity index (χ1n) is 0.670. The molecular formula is H2F2O2S2. The molecule has 0 fully saturated rings. The highest BCUT2D eigenvalue weighted by Gasteiger charge is 1.76. The molecule has 0 radical (unpaired) electrons. The summed E-state index contributed by atoms with van der Waals surface area (Å²) in [6.07, 6.45) is 0. The van der Waals surface area contributed by atoms with Gasteiger partial charge in [-0.2, -0.15) is 0 Å². The summed E-state index contributed by atoms with van der Waals surface area (Å²) >= 11 is 3.67. The lowest BCUT2D eigenvalue weighted by Crippen LogP contribution is -1.75. The van der Waals surface area contributed by atoms with Gasteiger partial charge in [0.2, 0.25) is 10.1 Å². The third-order valence-electron chi connectivity index (χ3n) is 0.0586. The van der Waals surface area contributed by atoms with E-state index < -0.39 is 10.1 Å². The monoisotopic (exact) mass is 136 g/mol. The summed E-state index contributed by atoms with van der Waals surface area (Å²) in [5, 5.41) is 7.18. The second-order valence-corrected chi connectivity index (χ2v) is 1.59. The highest BCUT2D eigenvalue weighted by molar-refractivity contribution is 8.23. The van der Waals surface area contributed by atoms with Gasteiger partial charge in [-0.3, -0.25) is 4.70 Å². The maximum absolute atomic E-state index is 10.8. The first kappa shape index (κ1) is 9.61. The van der Waals surface area contributed by atoms with E-state index in [0.29, 0.717) is 0 Å². The van der Waals surface area contributed by atoms with Crippen LogP contribution in [0.1, 0.15) is 0 Å². The van der Waals surface area contributed by atoms with E-state index in [2.05, 4.69) is 15.5 Å². The Bertz CT molecular complexity index is 44.8. The highest BCUT2D eigenvalue weighted by atomic mass is 32.8. The Kier molecular flexibility index (Phi) is 8.56. The Morgan fingerprint density at radius 2 is 2.00 bits per heavy atom. The molecule has 2 nitrogen and oxygen atoms in total. The van der Waals surface area contributed by atoms with Gasteiger partial charge < -0.3 is 0 Å². The molecule has 1 unspecified atom stereocenters. The van der Waals surface area contributed by atoms with Crippen molar-refractivity contribution in [1.82, 2.24) is 0 Å². The largest absolute Gasteiger partial charge is 0.269 e. The summed E-state index contributed by atoms with van der Waals surface area (Å²) in [6, 6.07) is 0. The lowest BCUT2D eigenvalue weighted by Gasteiger charge is -1.74. The molecule has 0 aliphatic carbocycles. The lowest BCUT2D eigenvalue weighted by molar-refractivity contribution is -0.123. The molecule has 6 heavy (non-hydrogen) atoms. The molecule has 0 saturated carbocycles. The van der Waals surface area contributed by atoms with Gasteiger partial charge in [0.15, 0.2) is 0 Å². The highest BCUT2D eigenvalue weighted by Crippen LogP contribution is 1.77. The summed E-state index contributed by atoms with van der Waals surface area (Å²) in [7, 11) is -2.18. The third-order valence-corrected chi connectivity index (χ3v) is 0.358. The molecule has 0 spiro atoms. The molecule has 0 aliphatic rings. The fraction of sp³-hybridized carbons (Fsp3) is 0. The van der Waals surface area contributed by atoms with Crippen LogP contribution in [0.2, 0.25) is 0 Å². The Morgan fingerprint density at radius 3 is 2.00 bits per heavy atom. The van der Waals surface area contributed by atoms with Crippen LogP contribution in [-0.4, -0.2) is 5.26 Å². The van der Waals surface area contributed by atoms with Gasteiger partial charge in [0.25, 0.3) is 0 Å². The predicted octanol–water partition coefficient (Wildman–Crippen LogP) is 0.508. The van der Waals surface area contributed by atoms with Gasteiger partial charge in [0.05, 0.1) is 0 Å². The standard InChI is InChI=1S/FHO2S2.FH/c1-5(4)3-2;/h2H;1H. The Balaban J connectivity index is 0. The normalized spacial score (nSPS) is 12.3. The van der Waals surface area contributed by atoms with E-state index in [4.69, 9.17) is 5.26 Å². The maximum atomic E-state index is 10.8. The van der Waals surface area contributed by atoms with Gasteiger partial charge in [0.1, 0.15) is 0 Å². The first-order chi connectivity index (χ1) is 2.27. The molecule has 40 valence electrons. The van der Waals surface area contributed by atoms with E-state index in [1.54, 1.807) is 0 Å². The van der Waals surface area contributed by atoms with Crippen molar-refractivity contribution in [2.45, 2.75) is 0 Å². The molecule has 0 aliphatic heterocycles. The first-order valence-corrected chi connectivity index (χ1v) is 2.65. The number of rotatable bonds is 1. The summed E-state index contributed by atoms with van der Waals surface area (Å²) in [5.41, 5.74) is 0. The molecule has 0 aromatic heterocycles. The third kappa shape index (κ3) is 8.84. The second-order valence-electron chi connectivity index (χ2n) is 0.269. The van der Waals surface area contributed by atoms with Gasteiger partial charge in [-0.25, -0.2) is 5.26 Å². The zero-order chi connectivity index (χ0) is 4.28. The minimum atomic E-state index is -2.18. The van der Waals surface area contributed by atoms with E-state index >= 15 is 0 Å². The van der Waals surface area contributed by atoms with Crippen LogP contribution in [0.15, 0.2) is 0 Å². The molecule has 0 heterocycles. The lowest BCUT2D eigenvalue weighted by atomic mass is 15.0. The van der Waals surface area contributed by atoms with Crippen molar-refractivity contribution in [1.29, 1.82) is 0 Å². The summed E-state index contributed by atoms with van der Waals surface area (Å²) in [6.45, 7) is 0. The number of halogens is 2. The van der Waals surface area contributed by atoms with E-state index in [1.165, 1.54) is 0 Å². The average Bonchev–Trinajstić information content (AvgIpc) is 1.38. The summed E-state index contributed by atoms with van der Waals surface area (Å²) < 4.78 is 13.7. The Morgan fingerprint density at radius 1 is 1.83 bits per heavy atom. The van der Waals surface area contributed by atoms with Crippen molar-refractivity contribution >= 4 is 21.3 Å². The smallest absolute Gasteiger partial charge is 0.224 e. The molecule has 0 aromatic carbocycles. The average molecular weight is 136 g/mol. The van der Waals surface area contributed by atoms with Crippen molar-refractivity contribution < 1.29 is 18.2 Å². The Hall–Kier alpha value is 0.350. The molecule has 0 rings (SSSR count). The van der Waals surface area contributed by atoms with Gasteiger partial charge in [0, 0.05) is 11.2 Å². The van der Waals surface area contributed by atoms with Crippen molar-refractivity contribution in [3.8, 4) is 0 Å². The van der Waals surface area contributed by atoms with Crippen molar-refractivity contribution in [3.05, 3.63) is 0 Å². The number of hydrogen-bond donors (Lipinski definition) is 1. The predicted molar refractivity (Wildman–Crippen MR) is 22.1 cm³/mol. The van der Waals surface area contributed by atoms with E-state index in [1.807, 2.05) is 0 Å². The minimum absolute atomic E-state index is 0. The van der Waals surface area contributed by atoms with Gasteiger partial charge >= 0.3 is 0 Å². The van der Waals surface area contributed by atoms with Crippen LogP contribution in [0.25, 0.3) is 0 Å². The molecule has 0 bridgehead atoms. The van der Waals surface area contributed by atoms with Crippen molar-refractivity contribution in [2.75, 3.05) is 0 Å². The van der Waals surface area contributed by atoms with Crippen LogP contribution in [0, 0.1) is 0 Å². The molecule has 6 heteroatoms. The van der Waals surface area contributed by atoms with E-state index in [-0.39, 0.29) is 4.70 Å². The van der Waals surface area contributed by atoms with E-state index in [0.717, 1.165) is 0 Å². The SMILES string of the molecule is F.OOS(F)=S. The summed E-state index contributed by atoms with van der Waals surface area (Å²) in [5.74, 6) is 0. The van der Waals surface area contributed by atoms with Crippen molar-refractivity contribution in [2.24, 2.45) is 0 Å². The fourth-order valence-corrected chi connectivity index (χ4v) is 0. The van der Waals surface area contributed by atoms with Crippen LogP contribution in [0.3, 0.4) is 0 Å². The summed E-state index contributed by atoms with van der Waals surface area (Å²) in [4.78, 5) is 0. The van der Waals surface area contributed by atoms with Crippen molar-refractivity contribution in [3.63, 3.8) is 0 Å². The molecule has 0 saturated heterocycles. The second kappa shape index (κ2) is 5.35. The number of hydrogen-bond acceptors (Lipinski definition) is 3. The minimum Gasteiger partial charge on any atom is -0.269 e. The van der Waals surface area contributed by atoms with Gasteiger partial charge in [-0.1, -0.05) is 0 Å². The van der Waals surface area contributed by atoms with E-state index in [9.17, 15) is 3.89 Å². The fourth-order valence-electron chi connectivity index (χ4n) is 0. The molecule has 0 amide bonds. The van der Waals surface area contributed by atoms with Crippen LogP contribution < -0.4 is 0 Å². The Labute approximate surface area is 40.3 Å². The van der Waals surface area contributed by atoms with Crippen LogP contribution in [0.4, 0.5) is 8.59 Å².